The smallest absolute Gasteiger partial charge is 0.248 e. The van der Waals surface area contributed by atoms with Gasteiger partial charge in [-0.2, -0.15) is 14.7 Å². The number of nitrogens with zero attached hydrogens (tertiary/aromatic N) is 4. The number of rotatable bonds is 6. The number of hydrogen-bond donors (Lipinski definition) is 0. The van der Waals surface area contributed by atoms with Crippen molar-refractivity contribution in [3.63, 3.8) is 0 Å². The van der Waals surface area contributed by atoms with Crippen LogP contribution in [0.3, 0.4) is 0 Å². The van der Waals surface area contributed by atoms with Gasteiger partial charge >= 0.3 is 0 Å². The standard InChI is InChI=1S/C15H17ClN4O2S/c1-12-14(15(16)19(2)18-12)23(21,22)20(10-6-9-17)11-13-7-4-3-5-8-13/h3-5,7-8H,6,10-11H2,1-2H3. The molecule has 0 fully saturated rings. The topological polar surface area (TPSA) is 79.0 Å². The lowest BCUT2D eigenvalue weighted by atomic mass is 10.2. The minimum Gasteiger partial charge on any atom is -0.255 e. The summed E-state index contributed by atoms with van der Waals surface area (Å²) in [4.78, 5) is -0.00413. The van der Waals surface area contributed by atoms with Crippen LogP contribution in [-0.4, -0.2) is 29.0 Å². The molecule has 1 aromatic heterocycles. The van der Waals surface area contributed by atoms with Crippen LogP contribution in [0.4, 0.5) is 0 Å². The van der Waals surface area contributed by atoms with Gasteiger partial charge in [0.1, 0.15) is 10.0 Å². The lowest BCUT2D eigenvalue weighted by molar-refractivity contribution is 0.413. The molecule has 0 aliphatic rings. The predicted molar refractivity (Wildman–Crippen MR) is 87.2 cm³/mol. The lowest BCUT2D eigenvalue weighted by Gasteiger charge is -2.21. The highest BCUT2D eigenvalue weighted by molar-refractivity contribution is 7.89. The van der Waals surface area contributed by atoms with Gasteiger partial charge in [-0.05, 0) is 12.5 Å². The van der Waals surface area contributed by atoms with Crippen molar-refractivity contribution in [1.29, 1.82) is 5.26 Å². The highest BCUT2D eigenvalue weighted by Crippen LogP contribution is 2.28. The Bertz CT molecular complexity index is 825. The van der Waals surface area contributed by atoms with E-state index in [0.29, 0.717) is 5.69 Å². The minimum atomic E-state index is -3.85. The molecule has 8 heteroatoms. The monoisotopic (exact) mass is 352 g/mol. The van der Waals surface area contributed by atoms with Gasteiger partial charge in [0.05, 0.1) is 11.8 Å². The molecule has 0 aliphatic heterocycles. The number of halogens is 1. The van der Waals surface area contributed by atoms with Crippen molar-refractivity contribution in [3.05, 3.63) is 46.7 Å². The zero-order chi connectivity index (χ0) is 17.0. The van der Waals surface area contributed by atoms with Crippen molar-refractivity contribution in [3.8, 4) is 6.07 Å². The van der Waals surface area contributed by atoms with E-state index in [2.05, 4.69) is 5.10 Å². The van der Waals surface area contributed by atoms with Gasteiger partial charge in [-0.25, -0.2) is 8.42 Å². The zero-order valence-corrected chi connectivity index (χ0v) is 14.5. The van der Waals surface area contributed by atoms with E-state index in [0.717, 1.165) is 5.56 Å². The molecule has 122 valence electrons. The third-order valence-electron chi connectivity index (χ3n) is 3.37. The molecular formula is C15H17ClN4O2S. The summed E-state index contributed by atoms with van der Waals surface area (Å²) in [7, 11) is -2.26. The molecule has 1 heterocycles. The Morgan fingerprint density at radius 3 is 2.52 bits per heavy atom. The van der Waals surface area contributed by atoms with Crippen LogP contribution in [0, 0.1) is 18.3 Å². The first-order valence-electron chi connectivity index (χ1n) is 6.98. The first-order valence-corrected chi connectivity index (χ1v) is 8.80. The molecule has 23 heavy (non-hydrogen) atoms. The molecule has 0 bridgehead atoms. The summed E-state index contributed by atoms with van der Waals surface area (Å²) in [6.07, 6.45) is 0.100. The van der Waals surface area contributed by atoms with E-state index in [-0.39, 0.29) is 29.6 Å². The van der Waals surface area contributed by atoms with Crippen LogP contribution in [0.15, 0.2) is 35.2 Å². The Balaban J connectivity index is 2.43. The molecule has 0 atom stereocenters. The summed E-state index contributed by atoms with van der Waals surface area (Å²) in [6, 6.07) is 11.2. The van der Waals surface area contributed by atoms with Gasteiger partial charge in [0.2, 0.25) is 10.0 Å². The SMILES string of the molecule is Cc1nn(C)c(Cl)c1S(=O)(=O)N(CCC#N)Cc1ccccc1. The van der Waals surface area contributed by atoms with Gasteiger partial charge in [0.15, 0.2) is 0 Å². The van der Waals surface area contributed by atoms with Gasteiger partial charge in [0, 0.05) is 26.6 Å². The molecule has 2 rings (SSSR count). The number of benzene rings is 1. The molecule has 0 saturated carbocycles. The first kappa shape index (κ1) is 17.5. The maximum absolute atomic E-state index is 13.0. The van der Waals surface area contributed by atoms with Crippen LogP contribution in [0.2, 0.25) is 5.15 Å². The fourth-order valence-corrected chi connectivity index (χ4v) is 4.41. The number of sulfonamides is 1. The maximum atomic E-state index is 13.0. The van der Waals surface area contributed by atoms with Crippen LogP contribution in [0.25, 0.3) is 0 Å². The maximum Gasteiger partial charge on any atom is 0.248 e. The summed E-state index contributed by atoms with van der Waals surface area (Å²) in [5.41, 5.74) is 1.18. The summed E-state index contributed by atoms with van der Waals surface area (Å²) in [5, 5.41) is 12.9. The second kappa shape index (κ2) is 7.13. The second-order valence-electron chi connectivity index (χ2n) is 5.06. The van der Waals surface area contributed by atoms with Gasteiger partial charge in [-0.1, -0.05) is 41.9 Å². The number of aryl methyl sites for hydroxylation is 2. The van der Waals surface area contributed by atoms with Crippen molar-refractivity contribution in [2.45, 2.75) is 24.8 Å². The fourth-order valence-electron chi connectivity index (χ4n) is 2.28. The van der Waals surface area contributed by atoms with Gasteiger partial charge in [-0.15, -0.1) is 0 Å². The van der Waals surface area contributed by atoms with E-state index in [1.165, 1.54) is 8.99 Å². The van der Waals surface area contributed by atoms with Crippen LogP contribution in [-0.2, 0) is 23.6 Å². The second-order valence-corrected chi connectivity index (χ2v) is 7.29. The van der Waals surface area contributed by atoms with E-state index in [4.69, 9.17) is 16.9 Å². The van der Waals surface area contributed by atoms with Gasteiger partial charge < -0.3 is 0 Å². The largest absolute Gasteiger partial charge is 0.255 e. The molecule has 0 saturated heterocycles. The molecule has 0 N–H and O–H groups in total. The molecule has 1 aromatic carbocycles. The fraction of sp³-hybridized carbons (Fsp3) is 0.333. The Morgan fingerprint density at radius 1 is 1.35 bits per heavy atom. The molecule has 0 spiro atoms. The summed E-state index contributed by atoms with van der Waals surface area (Å²) in [6.45, 7) is 1.87. The number of aromatic nitrogens is 2. The highest BCUT2D eigenvalue weighted by Gasteiger charge is 2.31. The molecule has 2 aromatic rings. The predicted octanol–water partition coefficient (Wildman–Crippen LogP) is 2.49. The third-order valence-corrected chi connectivity index (χ3v) is 5.91. The van der Waals surface area contributed by atoms with Crippen LogP contribution >= 0.6 is 11.6 Å². The summed E-state index contributed by atoms with van der Waals surface area (Å²) >= 11 is 6.11. The van der Waals surface area contributed by atoms with Crippen molar-refractivity contribution in [2.24, 2.45) is 7.05 Å². The third kappa shape index (κ3) is 3.72. The summed E-state index contributed by atoms with van der Waals surface area (Å²) in [5.74, 6) is 0. The minimum absolute atomic E-state index is 0.00413. The Kier molecular flexibility index (Phi) is 5.42. The number of nitriles is 1. The van der Waals surface area contributed by atoms with Crippen LogP contribution in [0.1, 0.15) is 17.7 Å². The van der Waals surface area contributed by atoms with Gasteiger partial charge in [0.25, 0.3) is 0 Å². The van der Waals surface area contributed by atoms with Crippen molar-refractivity contribution < 1.29 is 8.42 Å². The Hall–Kier alpha value is -1.88. The molecule has 0 unspecified atom stereocenters. The average Bonchev–Trinajstić information content (AvgIpc) is 2.77. The van der Waals surface area contributed by atoms with Crippen molar-refractivity contribution in [1.82, 2.24) is 14.1 Å². The summed E-state index contributed by atoms with van der Waals surface area (Å²) < 4.78 is 28.5. The molecule has 6 nitrogen and oxygen atoms in total. The molecule has 0 radical (unpaired) electrons. The van der Waals surface area contributed by atoms with Crippen LogP contribution in [0.5, 0.6) is 0 Å². The van der Waals surface area contributed by atoms with Gasteiger partial charge in [-0.3, -0.25) is 4.68 Å². The Morgan fingerprint density at radius 2 is 2.00 bits per heavy atom. The zero-order valence-electron chi connectivity index (χ0n) is 12.9. The van der Waals surface area contributed by atoms with E-state index in [1.54, 1.807) is 14.0 Å². The molecule has 0 amide bonds. The van der Waals surface area contributed by atoms with Crippen molar-refractivity contribution >= 4 is 21.6 Å². The molecular weight excluding hydrogens is 336 g/mol. The van der Waals surface area contributed by atoms with E-state index >= 15 is 0 Å². The highest BCUT2D eigenvalue weighted by atomic mass is 35.5. The van der Waals surface area contributed by atoms with E-state index in [1.807, 2.05) is 36.4 Å². The normalized spacial score (nSPS) is 11.6. The van der Waals surface area contributed by atoms with Crippen LogP contribution < -0.4 is 0 Å². The lowest BCUT2D eigenvalue weighted by Crippen LogP contribution is -2.32. The van der Waals surface area contributed by atoms with E-state index in [9.17, 15) is 8.42 Å². The number of hydrogen-bond acceptors (Lipinski definition) is 4. The Labute approximate surface area is 141 Å². The quantitative estimate of drug-likeness (QED) is 0.800. The molecule has 0 aliphatic carbocycles. The average molecular weight is 353 g/mol. The first-order chi connectivity index (χ1) is 10.9. The van der Waals surface area contributed by atoms with Crippen molar-refractivity contribution in [2.75, 3.05) is 6.54 Å². The van der Waals surface area contributed by atoms with E-state index < -0.39 is 10.0 Å².